The summed E-state index contributed by atoms with van der Waals surface area (Å²) < 4.78 is 10.1. The van der Waals surface area contributed by atoms with E-state index in [1.54, 1.807) is 11.8 Å². The molecule has 0 amide bonds. The van der Waals surface area contributed by atoms with E-state index >= 15 is 0 Å². The number of hydrogen-bond acceptors (Lipinski definition) is 5. The van der Waals surface area contributed by atoms with E-state index in [1.807, 2.05) is 0 Å². The van der Waals surface area contributed by atoms with Crippen LogP contribution in [0.1, 0.15) is 52.4 Å². The molecule has 0 aromatic heterocycles. The summed E-state index contributed by atoms with van der Waals surface area (Å²) >= 11 is 1.59. The van der Waals surface area contributed by atoms with Crippen LogP contribution in [0, 0.1) is 0 Å². The lowest BCUT2D eigenvalue weighted by Crippen LogP contribution is -2.08. The molecule has 0 aliphatic heterocycles. The van der Waals surface area contributed by atoms with Gasteiger partial charge in [-0.15, -0.1) is 0 Å². The van der Waals surface area contributed by atoms with Gasteiger partial charge in [-0.25, -0.2) is 0 Å². The molecular formula is C14H26O4S. The zero-order valence-electron chi connectivity index (χ0n) is 12.1. The van der Waals surface area contributed by atoms with E-state index in [2.05, 4.69) is 13.8 Å². The Balaban J connectivity index is 3.29. The lowest BCUT2D eigenvalue weighted by Gasteiger charge is -2.04. The highest BCUT2D eigenvalue weighted by atomic mass is 32.2. The number of carbonyl (C=O) groups is 2. The molecule has 0 rings (SSSR count). The van der Waals surface area contributed by atoms with E-state index in [4.69, 9.17) is 9.47 Å². The molecule has 0 unspecified atom stereocenters. The molecule has 0 aliphatic rings. The van der Waals surface area contributed by atoms with Crippen molar-refractivity contribution >= 4 is 23.7 Å². The summed E-state index contributed by atoms with van der Waals surface area (Å²) in [5.41, 5.74) is 0. The lowest BCUT2D eigenvalue weighted by molar-refractivity contribution is -0.144. The second kappa shape index (κ2) is 13.7. The molecule has 0 radical (unpaired) electrons. The minimum Gasteiger partial charge on any atom is -0.466 e. The molecule has 0 aliphatic carbocycles. The topological polar surface area (TPSA) is 52.6 Å². The van der Waals surface area contributed by atoms with Crippen LogP contribution in [0.2, 0.25) is 0 Å². The fourth-order valence-corrected chi connectivity index (χ4v) is 2.04. The van der Waals surface area contributed by atoms with Gasteiger partial charge in [-0.3, -0.25) is 9.59 Å². The Kier molecular flexibility index (Phi) is 13.2. The lowest BCUT2D eigenvalue weighted by atomic mass is 10.4. The van der Waals surface area contributed by atoms with Gasteiger partial charge in [0.1, 0.15) is 0 Å². The molecule has 0 atom stereocenters. The van der Waals surface area contributed by atoms with Crippen LogP contribution in [0.25, 0.3) is 0 Å². The average Bonchev–Trinajstić information content (AvgIpc) is 2.39. The first kappa shape index (κ1) is 18.3. The van der Waals surface area contributed by atoms with Crippen molar-refractivity contribution in [2.24, 2.45) is 0 Å². The first-order valence-electron chi connectivity index (χ1n) is 7.09. The van der Waals surface area contributed by atoms with Crippen LogP contribution in [0.3, 0.4) is 0 Å². The minimum atomic E-state index is -0.147. The van der Waals surface area contributed by atoms with Gasteiger partial charge in [-0.05, 0) is 12.8 Å². The number of thioether (sulfide) groups is 1. The van der Waals surface area contributed by atoms with Crippen molar-refractivity contribution < 1.29 is 19.1 Å². The van der Waals surface area contributed by atoms with Crippen LogP contribution in [-0.4, -0.2) is 36.7 Å². The van der Waals surface area contributed by atoms with E-state index in [9.17, 15) is 9.59 Å². The van der Waals surface area contributed by atoms with Gasteiger partial charge in [0, 0.05) is 11.5 Å². The monoisotopic (exact) mass is 290 g/mol. The van der Waals surface area contributed by atoms with E-state index in [0.717, 1.165) is 25.7 Å². The molecule has 0 aromatic rings. The maximum absolute atomic E-state index is 11.3. The zero-order chi connectivity index (χ0) is 14.3. The molecule has 0 spiro atoms. The molecule has 0 N–H and O–H groups in total. The second-order valence-corrected chi connectivity index (χ2v) is 5.49. The van der Waals surface area contributed by atoms with E-state index in [1.165, 1.54) is 0 Å². The van der Waals surface area contributed by atoms with Gasteiger partial charge in [0.2, 0.25) is 0 Å². The van der Waals surface area contributed by atoms with Crippen molar-refractivity contribution in [3.63, 3.8) is 0 Å². The van der Waals surface area contributed by atoms with Crippen molar-refractivity contribution in [1.82, 2.24) is 0 Å². The summed E-state index contributed by atoms with van der Waals surface area (Å²) in [5.74, 6) is 1.11. The molecular weight excluding hydrogens is 264 g/mol. The summed E-state index contributed by atoms with van der Waals surface area (Å²) in [6.07, 6.45) is 4.73. The number of carbonyl (C=O) groups excluding carboxylic acids is 2. The maximum atomic E-state index is 11.3. The van der Waals surface area contributed by atoms with Crippen LogP contribution in [0.15, 0.2) is 0 Å². The van der Waals surface area contributed by atoms with Crippen molar-refractivity contribution in [3.05, 3.63) is 0 Å². The Morgan fingerprint density at radius 2 is 1.26 bits per heavy atom. The Hall–Kier alpha value is -0.710. The molecule has 0 saturated heterocycles. The Labute approximate surface area is 120 Å². The molecule has 0 heterocycles. The molecule has 19 heavy (non-hydrogen) atoms. The number of esters is 2. The molecule has 5 heteroatoms. The summed E-state index contributed by atoms with van der Waals surface area (Å²) in [4.78, 5) is 22.5. The van der Waals surface area contributed by atoms with Crippen LogP contribution >= 0.6 is 11.8 Å². The van der Waals surface area contributed by atoms with E-state index in [-0.39, 0.29) is 11.9 Å². The SMILES string of the molecule is CCCCOC(=O)CCSCCC(=O)OCCCC. The van der Waals surface area contributed by atoms with Crippen molar-refractivity contribution in [3.8, 4) is 0 Å². The molecule has 0 bridgehead atoms. The van der Waals surface area contributed by atoms with Gasteiger partial charge in [0.25, 0.3) is 0 Å². The number of hydrogen-bond donors (Lipinski definition) is 0. The maximum Gasteiger partial charge on any atom is 0.306 e. The van der Waals surface area contributed by atoms with Gasteiger partial charge in [0.05, 0.1) is 26.1 Å². The zero-order valence-corrected chi connectivity index (χ0v) is 12.9. The van der Waals surface area contributed by atoms with Crippen molar-refractivity contribution in [2.45, 2.75) is 52.4 Å². The smallest absolute Gasteiger partial charge is 0.306 e. The molecule has 112 valence electrons. The highest BCUT2D eigenvalue weighted by molar-refractivity contribution is 7.99. The summed E-state index contributed by atoms with van der Waals surface area (Å²) in [6.45, 7) is 5.15. The van der Waals surface area contributed by atoms with Gasteiger partial charge in [-0.1, -0.05) is 26.7 Å². The standard InChI is InChI=1S/C14H26O4S/c1-3-5-9-17-13(15)7-11-19-12-8-14(16)18-10-6-4-2/h3-12H2,1-2H3. The van der Waals surface area contributed by atoms with Crippen molar-refractivity contribution in [2.75, 3.05) is 24.7 Å². The predicted molar refractivity (Wildman–Crippen MR) is 78.3 cm³/mol. The molecule has 0 fully saturated rings. The molecule has 4 nitrogen and oxygen atoms in total. The third kappa shape index (κ3) is 13.5. The highest BCUT2D eigenvalue weighted by Gasteiger charge is 2.05. The first-order valence-corrected chi connectivity index (χ1v) is 8.25. The second-order valence-electron chi connectivity index (χ2n) is 4.26. The minimum absolute atomic E-state index is 0.147. The highest BCUT2D eigenvalue weighted by Crippen LogP contribution is 2.06. The van der Waals surface area contributed by atoms with Gasteiger partial charge >= 0.3 is 11.9 Å². The Morgan fingerprint density at radius 3 is 1.63 bits per heavy atom. The fraction of sp³-hybridized carbons (Fsp3) is 0.857. The fourth-order valence-electron chi connectivity index (χ4n) is 1.22. The van der Waals surface area contributed by atoms with E-state index in [0.29, 0.717) is 37.6 Å². The predicted octanol–water partition coefficient (Wildman–Crippen LogP) is 3.19. The van der Waals surface area contributed by atoms with Crippen LogP contribution in [0.4, 0.5) is 0 Å². The number of rotatable bonds is 12. The third-order valence-corrected chi connectivity index (χ3v) is 3.41. The summed E-state index contributed by atoms with van der Waals surface area (Å²) in [6, 6.07) is 0. The molecule has 0 aromatic carbocycles. The normalized spacial score (nSPS) is 10.2. The van der Waals surface area contributed by atoms with Crippen LogP contribution < -0.4 is 0 Å². The largest absolute Gasteiger partial charge is 0.466 e. The van der Waals surface area contributed by atoms with Crippen molar-refractivity contribution in [1.29, 1.82) is 0 Å². The van der Waals surface area contributed by atoms with Gasteiger partial charge in [-0.2, -0.15) is 11.8 Å². The summed E-state index contributed by atoms with van der Waals surface area (Å²) in [7, 11) is 0. The third-order valence-electron chi connectivity index (χ3n) is 2.42. The summed E-state index contributed by atoms with van der Waals surface area (Å²) in [5, 5.41) is 0. The van der Waals surface area contributed by atoms with Crippen LogP contribution in [0.5, 0.6) is 0 Å². The Morgan fingerprint density at radius 1 is 0.842 bits per heavy atom. The average molecular weight is 290 g/mol. The quantitative estimate of drug-likeness (QED) is 0.408. The first-order chi connectivity index (χ1) is 9.20. The number of unbranched alkanes of at least 4 members (excludes halogenated alkanes) is 2. The number of ether oxygens (including phenoxy) is 2. The molecule has 0 saturated carbocycles. The Bertz CT molecular complexity index is 220. The van der Waals surface area contributed by atoms with Gasteiger partial charge in [0.15, 0.2) is 0 Å². The van der Waals surface area contributed by atoms with Crippen LogP contribution in [-0.2, 0) is 19.1 Å². The van der Waals surface area contributed by atoms with E-state index < -0.39 is 0 Å². The van der Waals surface area contributed by atoms with Gasteiger partial charge < -0.3 is 9.47 Å².